The molecule has 3 N–H and O–H groups in total. The third kappa shape index (κ3) is 4.12. The van der Waals surface area contributed by atoms with Crippen molar-refractivity contribution in [1.29, 1.82) is 0 Å². The van der Waals surface area contributed by atoms with Crippen molar-refractivity contribution in [1.82, 2.24) is 10.6 Å². The lowest BCUT2D eigenvalue weighted by Crippen LogP contribution is -2.34. The Morgan fingerprint density at radius 1 is 1.29 bits per heavy atom. The van der Waals surface area contributed by atoms with Gasteiger partial charge in [-0.1, -0.05) is 0 Å². The summed E-state index contributed by atoms with van der Waals surface area (Å²) < 4.78 is 23.7. The lowest BCUT2D eigenvalue weighted by molar-refractivity contribution is 0.0896. The highest BCUT2D eigenvalue weighted by Crippen LogP contribution is 2.15. The zero-order valence-electron chi connectivity index (χ0n) is 13.0. The van der Waals surface area contributed by atoms with E-state index in [9.17, 15) is 14.3 Å². The molecule has 1 aromatic carbocycles. The van der Waals surface area contributed by atoms with E-state index in [1.165, 1.54) is 24.3 Å². The number of aliphatic hydroxyl groups excluding tert-OH is 1. The Balaban J connectivity index is 1.49. The Morgan fingerprint density at radius 3 is 2.79 bits per heavy atom. The second kappa shape index (κ2) is 7.46. The molecule has 1 aromatic heterocycles. The minimum absolute atomic E-state index is 0.00481. The number of hydrogen-bond donors (Lipinski definition) is 3. The number of furan rings is 1. The first-order valence-corrected chi connectivity index (χ1v) is 7.76. The summed E-state index contributed by atoms with van der Waals surface area (Å²) in [6.45, 7) is 1.75. The molecular weight excluding hydrogens is 315 g/mol. The Hall–Kier alpha value is -2.38. The Labute approximate surface area is 138 Å². The van der Waals surface area contributed by atoms with E-state index in [2.05, 4.69) is 10.6 Å². The van der Waals surface area contributed by atoms with Gasteiger partial charge in [-0.15, -0.1) is 0 Å². The molecule has 128 valence electrons. The van der Waals surface area contributed by atoms with E-state index >= 15 is 0 Å². The van der Waals surface area contributed by atoms with Crippen LogP contribution < -0.4 is 15.4 Å². The highest BCUT2D eigenvalue weighted by Gasteiger charge is 2.25. The van der Waals surface area contributed by atoms with E-state index in [0.717, 1.165) is 0 Å². The number of aliphatic hydroxyl groups is 1. The Bertz CT molecular complexity index is 686. The predicted octanol–water partition coefficient (Wildman–Crippen LogP) is 1.31. The van der Waals surface area contributed by atoms with Gasteiger partial charge in [0.2, 0.25) is 0 Å². The summed E-state index contributed by atoms with van der Waals surface area (Å²) in [4.78, 5) is 12.0. The molecule has 0 saturated carbocycles. The van der Waals surface area contributed by atoms with Crippen LogP contribution in [0.1, 0.15) is 16.3 Å². The minimum Gasteiger partial charge on any atom is -0.486 e. The zero-order chi connectivity index (χ0) is 16.9. The molecule has 6 nitrogen and oxygen atoms in total. The SMILES string of the molecule is O=C(NCC1CNCC1O)c1ccc(COc2ccc(F)cc2)o1. The van der Waals surface area contributed by atoms with Crippen molar-refractivity contribution in [3.05, 3.63) is 53.7 Å². The van der Waals surface area contributed by atoms with Gasteiger partial charge in [0.25, 0.3) is 5.91 Å². The molecule has 1 amide bonds. The smallest absolute Gasteiger partial charge is 0.287 e. The predicted molar refractivity (Wildman–Crippen MR) is 84.1 cm³/mol. The standard InChI is InChI=1S/C17H19FN2O4/c18-12-1-3-13(4-2-12)23-10-14-5-6-16(24-14)17(22)20-8-11-7-19-9-15(11)21/h1-6,11,15,19,21H,7-10H2,(H,20,22). The third-order valence-electron chi connectivity index (χ3n) is 3.91. The number of amides is 1. The fraction of sp³-hybridized carbons (Fsp3) is 0.353. The van der Waals surface area contributed by atoms with Gasteiger partial charge in [-0.05, 0) is 36.4 Å². The maximum Gasteiger partial charge on any atom is 0.287 e. The second-order valence-corrected chi connectivity index (χ2v) is 5.70. The lowest BCUT2D eigenvalue weighted by atomic mass is 10.1. The molecular formula is C17H19FN2O4. The van der Waals surface area contributed by atoms with Gasteiger partial charge in [0.15, 0.2) is 5.76 Å². The van der Waals surface area contributed by atoms with Gasteiger partial charge in [-0.3, -0.25) is 4.79 Å². The summed E-state index contributed by atoms with van der Waals surface area (Å²) >= 11 is 0. The second-order valence-electron chi connectivity index (χ2n) is 5.70. The number of hydrogen-bond acceptors (Lipinski definition) is 5. The molecule has 2 unspecified atom stereocenters. The van der Waals surface area contributed by atoms with Gasteiger partial charge in [0.1, 0.15) is 23.9 Å². The molecule has 1 aliphatic rings. The van der Waals surface area contributed by atoms with E-state index < -0.39 is 6.10 Å². The zero-order valence-corrected chi connectivity index (χ0v) is 13.0. The summed E-state index contributed by atoms with van der Waals surface area (Å²) in [5.74, 6) is 0.538. The molecule has 2 aromatic rings. The molecule has 0 radical (unpaired) electrons. The van der Waals surface area contributed by atoms with Crippen molar-refractivity contribution < 1.29 is 23.4 Å². The monoisotopic (exact) mass is 334 g/mol. The van der Waals surface area contributed by atoms with E-state index in [1.54, 1.807) is 12.1 Å². The number of halogens is 1. The number of rotatable bonds is 6. The topological polar surface area (TPSA) is 83.7 Å². The van der Waals surface area contributed by atoms with E-state index in [1.807, 2.05) is 0 Å². The summed E-state index contributed by atoms with van der Waals surface area (Å²) in [7, 11) is 0. The van der Waals surface area contributed by atoms with Crippen LogP contribution in [0.25, 0.3) is 0 Å². The first kappa shape index (κ1) is 16.5. The average molecular weight is 334 g/mol. The summed E-state index contributed by atoms with van der Waals surface area (Å²) in [6.07, 6.45) is -0.443. The van der Waals surface area contributed by atoms with Crippen LogP contribution in [0.4, 0.5) is 4.39 Å². The summed E-state index contributed by atoms with van der Waals surface area (Å²) in [5, 5.41) is 15.5. The van der Waals surface area contributed by atoms with Gasteiger partial charge in [0.05, 0.1) is 6.10 Å². The largest absolute Gasteiger partial charge is 0.486 e. The first-order valence-electron chi connectivity index (χ1n) is 7.76. The van der Waals surface area contributed by atoms with Gasteiger partial charge >= 0.3 is 0 Å². The van der Waals surface area contributed by atoms with Crippen LogP contribution in [0.15, 0.2) is 40.8 Å². The highest BCUT2D eigenvalue weighted by atomic mass is 19.1. The minimum atomic E-state index is -0.443. The van der Waals surface area contributed by atoms with Crippen LogP contribution in [0.2, 0.25) is 0 Å². The lowest BCUT2D eigenvalue weighted by Gasteiger charge is -2.13. The Morgan fingerprint density at radius 2 is 2.08 bits per heavy atom. The Kier molecular flexibility index (Phi) is 5.12. The molecule has 3 rings (SSSR count). The van der Waals surface area contributed by atoms with Gasteiger partial charge < -0.3 is 24.9 Å². The summed E-state index contributed by atoms with van der Waals surface area (Å²) in [5.41, 5.74) is 0. The maximum atomic E-state index is 12.8. The number of nitrogens with one attached hydrogen (secondary N) is 2. The van der Waals surface area contributed by atoms with Gasteiger partial charge in [0, 0.05) is 25.6 Å². The molecule has 1 aliphatic heterocycles. The van der Waals surface area contributed by atoms with Crippen LogP contribution in [0, 0.1) is 11.7 Å². The number of carbonyl (C=O) groups excluding carboxylic acids is 1. The van der Waals surface area contributed by atoms with Crippen molar-refractivity contribution in [3.8, 4) is 5.75 Å². The van der Waals surface area contributed by atoms with Crippen LogP contribution >= 0.6 is 0 Å². The number of benzene rings is 1. The highest BCUT2D eigenvalue weighted by molar-refractivity contribution is 5.91. The quantitative estimate of drug-likeness (QED) is 0.742. The molecule has 1 fully saturated rings. The molecule has 1 saturated heterocycles. The van der Waals surface area contributed by atoms with Crippen molar-refractivity contribution in [2.45, 2.75) is 12.7 Å². The van der Waals surface area contributed by atoms with E-state index in [4.69, 9.17) is 9.15 Å². The molecule has 0 aliphatic carbocycles. The van der Waals surface area contributed by atoms with E-state index in [-0.39, 0.29) is 30.0 Å². The average Bonchev–Trinajstić information content (AvgIpc) is 3.21. The molecule has 0 bridgehead atoms. The van der Waals surface area contributed by atoms with Crippen LogP contribution in [-0.2, 0) is 6.61 Å². The van der Waals surface area contributed by atoms with E-state index in [0.29, 0.717) is 31.1 Å². The van der Waals surface area contributed by atoms with Gasteiger partial charge in [-0.25, -0.2) is 4.39 Å². The van der Waals surface area contributed by atoms with Gasteiger partial charge in [-0.2, -0.15) is 0 Å². The van der Waals surface area contributed by atoms with Crippen molar-refractivity contribution in [3.63, 3.8) is 0 Å². The van der Waals surface area contributed by atoms with Crippen molar-refractivity contribution >= 4 is 5.91 Å². The van der Waals surface area contributed by atoms with Crippen molar-refractivity contribution in [2.75, 3.05) is 19.6 Å². The normalized spacial score (nSPS) is 20.1. The molecule has 2 atom stereocenters. The third-order valence-corrected chi connectivity index (χ3v) is 3.91. The number of ether oxygens (including phenoxy) is 1. The fourth-order valence-electron chi connectivity index (χ4n) is 2.50. The maximum absolute atomic E-state index is 12.8. The molecule has 24 heavy (non-hydrogen) atoms. The number of β-amino-alcohol motifs (C(OH)–C–C–N with tert-alkyl or cyclic N) is 1. The van der Waals surface area contributed by atoms with Crippen LogP contribution in [-0.4, -0.2) is 36.8 Å². The molecule has 7 heteroatoms. The molecule has 2 heterocycles. The number of carbonyl (C=O) groups is 1. The summed E-state index contributed by atoms with van der Waals surface area (Å²) in [6, 6.07) is 8.89. The molecule has 0 spiro atoms. The first-order chi connectivity index (χ1) is 11.6. The van der Waals surface area contributed by atoms with Crippen LogP contribution in [0.5, 0.6) is 5.75 Å². The van der Waals surface area contributed by atoms with Crippen molar-refractivity contribution in [2.24, 2.45) is 5.92 Å². The van der Waals surface area contributed by atoms with Crippen LogP contribution in [0.3, 0.4) is 0 Å². The fourth-order valence-corrected chi connectivity index (χ4v) is 2.50.